The van der Waals surface area contributed by atoms with Gasteiger partial charge in [0.1, 0.15) is 16.8 Å². The van der Waals surface area contributed by atoms with Gasteiger partial charge in [-0.05, 0) is 24.3 Å². The van der Waals surface area contributed by atoms with Crippen LogP contribution in [0, 0.1) is 10.1 Å². The molecule has 0 bridgehead atoms. The summed E-state index contributed by atoms with van der Waals surface area (Å²) in [4.78, 5) is 44.8. The monoisotopic (exact) mass is 501 g/mol. The van der Waals surface area contributed by atoms with E-state index >= 15 is 0 Å². The van der Waals surface area contributed by atoms with Crippen LogP contribution in [0.1, 0.15) is 0 Å². The molecule has 5 rings (SSSR count). The van der Waals surface area contributed by atoms with E-state index in [4.69, 9.17) is 9.72 Å². The van der Waals surface area contributed by atoms with Gasteiger partial charge in [0, 0.05) is 28.7 Å². The van der Waals surface area contributed by atoms with Crippen LogP contribution in [-0.2, 0) is 4.79 Å². The lowest BCUT2D eigenvalue weighted by molar-refractivity contribution is -0.384. The number of carbonyl (C=O) groups excluding carboxylic acids is 1. The number of rotatable bonds is 7. The highest BCUT2D eigenvalue weighted by Gasteiger charge is 2.20. The maximum atomic E-state index is 13.7. The van der Waals surface area contributed by atoms with Crippen LogP contribution in [0.2, 0.25) is 0 Å². The second-order valence-corrected chi connectivity index (χ2v) is 8.69. The number of carbonyl (C=O) groups is 1. The highest BCUT2D eigenvalue weighted by atomic mass is 32.2. The number of fused-ring (bicyclic) bond motifs is 3. The van der Waals surface area contributed by atoms with Crippen LogP contribution in [0.15, 0.2) is 82.7 Å². The number of H-pyrrole nitrogens is 1. The molecule has 1 amide bonds. The first-order chi connectivity index (χ1) is 17.5. The first-order valence-electron chi connectivity index (χ1n) is 10.8. The Morgan fingerprint density at radius 3 is 2.72 bits per heavy atom. The lowest BCUT2D eigenvalue weighted by Crippen LogP contribution is -2.23. The summed E-state index contributed by atoms with van der Waals surface area (Å²) in [6.07, 6.45) is 0. The SMILES string of the molecule is COc1ccccc1-n1c(SCC(=O)Nc2cccc([N+](=O)[O-])c2)nc2c([nH]c3ccccc32)c1=O. The quantitative estimate of drug-likeness (QED) is 0.145. The van der Waals surface area contributed by atoms with Gasteiger partial charge in [0.2, 0.25) is 5.91 Å². The molecular weight excluding hydrogens is 482 g/mol. The number of nitro benzene ring substituents is 1. The van der Waals surface area contributed by atoms with Gasteiger partial charge in [-0.25, -0.2) is 9.55 Å². The Bertz CT molecular complexity index is 1690. The number of hydrogen-bond donors (Lipinski definition) is 2. The first kappa shape index (κ1) is 23.1. The number of ether oxygens (including phenoxy) is 1. The molecule has 5 aromatic rings. The van der Waals surface area contributed by atoms with E-state index in [2.05, 4.69) is 10.3 Å². The van der Waals surface area contributed by atoms with Crippen molar-refractivity contribution in [1.29, 1.82) is 0 Å². The number of methoxy groups -OCH3 is 1. The van der Waals surface area contributed by atoms with Crippen molar-refractivity contribution in [3.63, 3.8) is 0 Å². The molecule has 0 unspecified atom stereocenters. The summed E-state index contributed by atoms with van der Waals surface area (Å²) in [5.74, 6) is -0.0156. The summed E-state index contributed by atoms with van der Waals surface area (Å²) in [5, 5.41) is 14.8. The highest BCUT2D eigenvalue weighted by molar-refractivity contribution is 7.99. The first-order valence-corrected chi connectivity index (χ1v) is 11.8. The molecule has 0 fully saturated rings. The molecular formula is C25H19N5O5S. The Kier molecular flexibility index (Phi) is 6.13. The van der Waals surface area contributed by atoms with Crippen molar-refractivity contribution in [3.8, 4) is 11.4 Å². The van der Waals surface area contributed by atoms with Crippen LogP contribution in [0.5, 0.6) is 5.75 Å². The van der Waals surface area contributed by atoms with Crippen LogP contribution >= 0.6 is 11.8 Å². The number of nitro groups is 1. The molecule has 0 aliphatic carbocycles. The summed E-state index contributed by atoms with van der Waals surface area (Å²) in [5.41, 5.74) is 1.95. The number of aromatic amines is 1. The minimum atomic E-state index is -0.531. The Labute approximate surface area is 208 Å². The van der Waals surface area contributed by atoms with Gasteiger partial charge in [-0.15, -0.1) is 0 Å². The number of nitrogens with zero attached hydrogens (tertiary/aromatic N) is 3. The summed E-state index contributed by atoms with van der Waals surface area (Å²) < 4.78 is 6.89. The number of anilines is 1. The van der Waals surface area contributed by atoms with Gasteiger partial charge in [0.25, 0.3) is 11.2 Å². The molecule has 180 valence electrons. The van der Waals surface area contributed by atoms with Crippen LogP contribution in [-0.4, -0.2) is 38.2 Å². The van der Waals surface area contributed by atoms with Crippen LogP contribution in [0.4, 0.5) is 11.4 Å². The molecule has 0 radical (unpaired) electrons. The molecule has 10 nitrogen and oxygen atoms in total. The van der Waals surface area contributed by atoms with E-state index in [1.54, 1.807) is 30.3 Å². The van der Waals surface area contributed by atoms with Crippen LogP contribution in [0.25, 0.3) is 27.6 Å². The molecule has 2 heterocycles. The van der Waals surface area contributed by atoms with Gasteiger partial charge in [-0.3, -0.25) is 19.7 Å². The molecule has 0 aliphatic rings. The van der Waals surface area contributed by atoms with E-state index < -0.39 is 10.8 Å². The standard InChI is InChI=1S/C25H19N5O5S/c1-35-20-12-5-4-11-19(20)29-24(32)23-22(17-9-2-3-10-18(17)27-23)28-25(29)36-14-21(31)26-15-7-6-8-16(13-15)30(33)34/h2-13,27H,14H2,1H3,(H,26,31). The maximum Gasteiger partial charge on any atom is 0.283 e. The predicted octanol–water partition coefficient (Wildman–Crippen LogP) is 4.51. The van der Waals surface area contributed by atoms with Crippen molar-refractivity contribution in [2.45, 2.75) is 5.16 Å². The van der Waals surface area contributed by atoms with Gasteiger partial charge in [-0.1, -0.05) is 48.2 Å². The average Bonchev–Trinajstić information content (AvgIpc) is 3.27. The second-order valence-electron chi connectivity index (χ2n) is 7.75. The number of non-ortho nitro benzene ring substituents is 1. The molecule has 11 heteroatoms. The van der Waals surface area contributed by atoms with Gasteiger partial charge in [0.15, 0.2) is 5.16 Å². The van der Waals surface area contributed by atoms with E-state index in [0.717, 1.165) is 22.7 Å². The van der Waals surface area contributed by atoms with Gasteiger partial charge in [-0.2, -0.15) is 0 Å². The van der Waals surface area contributed by atoms with Crippen molar-refractivity contribution in [2.75, 3.05) is 18.2 Å². The molecule has 0 saturated carbocycles. The summed E-state index contributed by atoms with van der Waals surface area (Å²) in [6, 6.07) is 20.2. The van der Waals surface area contributed by atoms with Gasteiger partial charge >= 0.3 is 0 Å². The molecule has 2 N–H and O–H groups in total. The molecule has 0 atom stereocenters. The Hall–Kier alpha value is -4.64. The number of nitrogens with one attached hydrogen (secondary N) is 2. The topological polar surface area (TPSA) is 132 Å². The van der Waals surface area contributed by atoms with Gasteiger partial charge < -0.3 is 15.0 Å². The van der Waals surface area contributed by atoms with Gasteiger partial charge in [0.05, 0.1) is 23.5 Å². The van der Waals surface area contributed by atoms with Crippen LogP contribution < -0.4 is 15.6 Å². The zero-order valence-corrected chi connectivity index (χ0v) is 19.7. The van der Waals surface area contributed by atoms with Crippen molar-refractivity contribution < 1.29 is 14.5 Å². The Morgan fingerprint density at radius 1 is 1.14 bits per heavy atom. The minimum absolute atomic E-state index is 0.0852. The number of amides is 1. The summed E-state index contributed by atoms with van der Waals surface area (Å²) >= 11 is 1.08. The Morgan fingerprint density at radius 2 is 1.92 bits per heavy atom. The smallest absolute Gasteiger partial charge is 0.283 e. The average molecular weight is 502 g/mol. The fourth-order valence-corrected chi connectivity index (χ4v) is 4.69. The van der Waals surface area contributed by atoms with Crippen molar-refractivity contribution in [1.82, 2.24) is 14.5 Å². The van der Waals surface area contributed by atoms with E-state index in [1.165, 1.54) is 29.9 Å². The zero-order valence-electron chi connectivity index (χ0n) is 18.9. The predicted molar refractivity (Wildman–Crippen MR) is 138 cm³/mol. The van der Waals surface area contributed by atoms with E-state index in [-0.39, 0.29) is 17.0 Å². The zero-order chi connectivity index (χ0) is 25.2. The third-order valence-corrected chi connectivity index (χ3v) is 6.43. The third-order valence-electron chi connectivity index (χ3n) is 5.49. The minimum Gasteiger partial charge on any atom is -0.495 e. The van der Waals surface area contributed by atoms with Crippen molar-refractivity contribution in [2.24, 2.45) is 0 Å². The van der Waals surface area contributed by atoms with Crippen molar-refractivity contribution in [3.05, 3.63) is 93.3 Å². The van der Waals surface area contributed by atoms with Crippen molar-refractivity contribution >= 4 is 51.0 Å². The van der Waals surface area contributed by atoms with Crippen LogP contribution in [0.3, 0.4) is 0 Å². The Balaban J connectivity index is 1.55. The fraction of sp³-hybridized carbons (Fsp3) is 0.0800. The van der Waals surface area contributed by atoms with E-state index in [9.17, 15) is 19.7 Å². The maximum absolute atomic E-state index is 13.7. The normalized spacial score (nSPS) is 11.0. The van der Waals surface area contributed by atoms with E-state index in [0.29, 0.717) is 33.3 Å². The summed E-state index contributed by atoms with van der Waals surface area (Å²) in [6.45, 7) is 0. The number of aromatic nitrogens is 3. The molecule has 0 spiro atoms. The highest BCUT2D eigenvalue weighted by Crippen LogP contribution is 2.29. The largest absolute Gasteiger partial charge is 0.495 e. The lowest BCUT2D eigenvalue weighted by Gasteiger charge is -2.15. The number of hydrogen-bond acceptors (Lipinski definition) is 7. The molecule has 0 saturated heterocycles. The molecule has 0 aliphatic heterocycles. The molecule has 36 heavy (non-hydrogen) atoms. The molecule has 2 aromatic heterocycles. The number of para-hydroxylation sites is 3. The number of thioether (sulfide) groups is 1. The third kappa shape index (κ3) is 4.27. The number of benzene rings is 3. The molecule has 3 aromatic carbocycles. The lowest BCUT2D eigenvalue weighted by atomic mass is 10.2. The summed E-state index contributed by atoms with van der Waals surface area (Å²) in [7, 11) is 1.51. The fourth-order valence-electron chi connectivity index (χ4n) is 3.89. The second kappa shape index (κ2) is 9.55. The van der Waals surface area contributed by atoms with E-state index in [1.807, 2.05) is 24.3 Å².